The fourth-order valence-electron chi connectivity index (χ4n) is 2.75. The molecule has 0 aliphatic rings. The molecule has 0 fully saturated rings. The Bertz CT molecular complexity index is 911. The molecule has 25 heavy (non-hydrogen) atoms. The second-order valence-corrected chi connectivity index (χ2v) is 5.92. The van der Waals surface area contributed by atoms with Crippen molar-refractivity contribution in [1.82, 2.24) is 9.97 Å². The summed E-state index contributed by atoms with van der Waals surface area (Å²) in [6.45, 7) is 2.79. The van der Waals surface area contributed by atoms with Gasteiger partial charge in [-0.15, -0.1) is 0 Å². The Morgan fingerprint density at radius 1 is 1.04 bits per heavy atom. The second kappa shape index (κ2) is 6.84. The van der Waals surface area contributed by atoms with Crippen molar-refractivity contribution in [3.05, 3.63) is 47.5 Å². The van der Waals surface area contributed by atoms with E-state index in [-0.39, 0.29) is 0 Å². The van der Waals surface area contributed by atoms with Crippen molar-refractivity contribution in [2.24, 2.45) is 0 Å². The fraction of sp³-hybridized carbons (Fsp3) is 0.263. The van der Waals surface area contributed by atoms with E-state index in [0.29, 0.717) is 29.8 Å². The highest BCUT2D eigenvalue weighted by Gasteiger charge is 2.14. The number of ether oxygens (including phenoxy) is 2. The lowest BCUT2D eigenvalue weighted by molar-refractivity contribution is 0.356. The Labute approximate surface area is 147 Å². The first-order chi connectivity index (χ1) is 12.0. The van der Waals surface area contributed by atoms with E-state index in [2.05, 4.69) is 29.0 Å². The minimum Gasteiger partial charge on any atom is -0.493 e. The van der Waals surface area contributed by atoms with Crippen molar-refractivity contribution in [2.75, 3.05) is 31.9 Å². The van der Waals surface area contributed by atoms with Gasteiger partial charge in [0.1, 0.15) is 5.82 Å². The van der Waals surface area contributed by atoms with Gasteiger partial charge in [-0.1, -0.05) is 24.3 Å². The molecule has 130 valence electrons. The Morgan fingerprint density at radius 2 is 1.72 bits per heavy atom. The van der Waals surface area contributed by atoms with Crippen LogP contribution < -0.4 is 20.1 Å². The molecule has 1 heterocycles. The quantitative estimate of drug-likeness (QED) is 0.770. The van der Waals surface area contributed by atoms with Crippen molar-refractivity contribution < 1.29 is 9.47 Å². The lowest BCUT2D eigenvalue weighted by Gasteiger charge is -2.19. The summed E-state index contributed by atoms with van der Waals surface area (Å²) < 4.78 is 10.7. The molecule has 2 aromatic carbocycles. The van der Waals surface area contributed by atoms with Crippen molar-refractivity contribution in [3.8, 4) is 11.5 Å². The molecule has 6 heteroatoms. The van der Waals surface area contributed by atoms with Crippen molar-refractivity contribution in [1.29, 1.82) is 0 Å². The zero-order valence-corrected chi connectivity index (χ0v) is 14.9. The van der Waals surface area contributed by atoms with Crippen LogP contribution in [0.5, 0.6) is 11.5 Å². The normalized spacial score (nSPS) is 10.7. The van der Waals surface area contributed by atoms with Gasteiger partial charge in [-0.25, -0.2) is 4.98 Å². The standard InChI is InChI=1S/C19H22N4O2/c1-12-7-5-6-8-13(12)11-23(2)19-21-15-10-17(25-4)16(24-3)9-14(15)18(20)22-19/h5-10H,11H2,1-4H3,(H2,20,21,22). The molecule has 6 nitrogen and oxygen atoms in total. The van der Waals surface area contributed by atoms with E-state index in [1.54, 1.807) is 20.3 Å². The van der Waals surface area contributed by atoms with E-state index in [1.165, 1.54) is 11.1 Å². The number of nitrogen functional groups attached to an aromatic ring is 1. The third-order valence-corrected chi connectivity index (χ3v) is 4.23. The van der Waals surface area contributed by atoms with Crippen LogP contribution in [-0.2, 0) is 6.54 Å². The van der Waals surface area contributed by atoms with Gasteiger partial charge in [0.25, 0.3) is 0 Å². The van der Waals surface area contributed by atoms with Crippen LogP contribution in [0.3, 0.4) is 0 Å². The predicted octanol–water partition coefficient (Wildman–Crippen LogP) is 3.17. The van der Waals surface area contributed by atoms with E-state index < -0.39 is 0 Å². The number of nitrogens with two attached hydrogens (primary N) is 1. The van der Waals surface area contributed by atoms with Crippen LogP contribution in [0.4, 0.5) is 11.8 Å². The van der Waals surface area contributed by atoms with Crippen LogP contribution in [0.15, 0.2) is 36.4 Å². The molecule has 0 saturated heterocycles. The third kappa shape index (κ3) is 3.28. The Kier molecular flexibility index (Phi) is 4.61. The van der Waals surface area contributed by atoms with Crippen LogP contribution in [0.25, 0.3) is 10.9 Å². The maximum Gasteiger partial charge on any atom is 0.227 e. The average molecular weight is 338 g/mol. The second-order valence-electron chi connectivity index (χ2n) is 5.92. The summed E-state index contributed by atoms with van der Waals surface area (Å²) in [7, 11) is 5.14. The molecule has 1 aromatic heterocycles. The smallest absolute Gasteiger partial charge is 0.227 e. The number of rotatable bonds is 5. The average Bonchev–Trinajstić information content (AvgIpc) is 2.62. The van der Waals surface area contributed by atoms with Gasteiger partial charge in [-0.3, -0.25) is 0 Å². The number of hydrogen-bond acceptors (Lipinski definition) is 6. The summed E-state index contributed by atoms with van der Waals surface area (Å²) in [6.07, 6.45) is 0. The van der Waals surface area contributed by atoms with Crippen LogP contribution in [-0.4, -0.2) is 31.2 Å². The van der Waals surface area contributed by atoms with Crippen molar-refractivity contribution in [2.45, 2.75) is 13.5 Å². The van der Waals surface area contributed by atoms with Gasteiger partial charge < -0.3 is 20.1 Å². The molecule has 0 amide bonds. The van der Waals surface area contributed by atoms with Crippen LogP contribution in [0.2, 0.25) is 0 Å². The van der Waals surface area contributed by atoms with E-state index in [0.717, 1.165) is 10.9 Å². The first kappa shape index (κ1) is 16.8. The minimum absolute atomic E-state index is 0.414. The number of aryl methyl sites for hydroxylation is 1. The number of methoxy groups -OCH3 is 2. The molecular weight excluding hydrogens is 316 g/mol. The van der Waals surface area contributed by atoms with E-state index in [1.807, 2.05) is 30.1 Å². The summed E-state index contributed by atoms with van der Waals surface area (Å²) in [5, 5.41) is 0.741. The monoisotopic (exact) mass is 338 g/mol. The summed E-state index contributed by atoms with van der Waals surface area (Å²) in [5.41, 5.74) is 9.33. The van der Waals surface area contributed by atoms with Gasteiger partial charge in [0.15, 0.2) is 11.5 Å². The molecule has 3 aromatic rings. The zero-order chi connectivity index (χ0) is 18.0. The van der Waals surface area contributed by atoms with Crippen LogP contribution >= 0.6 is 0 Å². The number of fused-ring (bicyclic) bond motifs is 1. The summed E-state index contributed by atoms with van der Waals surface area (Å²) in [6, 6.07) is 11.9. The fourth-order valence-corrected chi connectivity index (χ4v) is 2.75. The molecule has 0 aliphatic heterocycles. The third-order valence-electron chi connectivity index (χ3n) is 4.23. The number of hydrogen-bond donors (Lipinski definition) is 1. The number of aromatic nitrogens is 2. The highest BCUT2D eigenvalue weighted by molar-refractivity contribution is 5.91. The summed E-state index contributed by atoms with van der Waals surface area (Å²) in [5.74, 6) is 2.20. The predicted molar refractivity (Wildman–Crippen MR) is 100 cm³/mol. The largest absolute Gasteiger partial charge is 0.493 e. The van der Waals surface area contributed by atoms with Crippen LogP contribution in [0, 0.1) is 6.92 Å². The molecular formula is C19H22N4O2. The highest BCUT2D eigenvalue weighted by atomic mass is 16.5. The Balaban J connectivity index is 2.00. The lowest BCUT2D eigenvalue weighted by Crippen LogP contribution is -2.20. The number of nitrogens with zero attached hydrogens (tertiary/aromatic N) is 3. The van der Waals surface area contributed by atoms with Gasteiger partial charge in [-0.05, 0) is 24.1 Å². The SMILES string of the molecule is COc1cc2nc(N(C)Cc3ccccc3C)nc(N)c2cc1OC. The van der Waals surface area contributed by atoms with Gasteiger partial charge in [0, 0.05) is 25.0 Å². The maximum atomic E-state index is 6.16. The zero-order valence-electron chi connectivity index (χ0n) is 14.9. The molecule has 0 spiro atoms. The van der Waals surface area contributed by atoms with E-state index >= 15 is 0 Å². The van der Waals surface area contributed by atoms with Gasteiger partial charge in [-0.2, -0.15) is 4.98 Å². The molecule has 0 atom stereocenters. The minimum atomic E-state index is 0.414. The first-order valence-corrected chi connectivity index (χ1v) is 7.98. The van der Waals surface area contributed by atoms with Crippen molar-refractivity contribution >= 4 is 22.7 Å². The molecule has 2 N–H and O–H groups in total. The van der Waals surface area contributed by atoms with Gasteiger partial charge in [0.05, 0.1) is 19.7 Å². The van der Waals surface area contributed by atoms with E-state index in [9.17, 15) is 0 Å². The van der Waals surface area contributed by atoms with Gasteiger partial charge >= 0.3 is 0 Å². The first-order valence-electron chi connectivity index (χ1n) is 7.98. The topological polar surface area (TPSA) is 73.5 Å². The molecule has 0 unspecified atom stereocenters. The number of benzene rings is 2. The number of anilines is 2. The molecule has 0 radical (unpaired) electrons. The summed E-state index contributed by atoms with van der Waals surface area (Å²) >= 11 is 0. The van der Waals surface area contributed by atoms with Crippen molar-refractivity contribution in [3.63, 3.8) is 0 Å². The highest BCUT2D eigenvalue weighted by Crippen LogP contribution is 2.34. The molecule has 0 aliphatic carbocycles. The lowest BCUT2D eigenvalue weighted by atomic mass is 10.1. The van der Waals surface area contributed by atoms with Gasteiger partial charge in [0.2, 0.25) is 5.95 Å². The van der Waals surface area contributed by atoms with Crippen LogP contribution in [0.1, 0.15) is 11.1 Å². The Hall–Kier alpha value is -3.02. The Morgan fingerprint density at radius 3 is 2.40 bits per heavy atom. The molecule has 0 saturated carbocycles. The van der Waals surface area contributed by atoms with E-state index in [4.69, 9.17) is 15.2 Å². The maximum absolute atomic E-state index is 6.16. The molecule has 0 bridgehead atoms. The molecule has 3 rings (SSSR count). The summed E-state index contributed by atoms with van der Waals surface area (Å²) in [4.78, 5) is 11.1.